The molecule has 0 N–H and O–H groups in total. The molecule has 1 aromatic carbocycles. The summed E-state index contributed by atoms with van der Waals surface area (Å²) in [5, 5.41) is 0. The van der Waals surface area contributed by atoms with E-state index in [1.54, 1.807) is 0 Å². The van der Waals surface area contributed by atoms with Crippen LogP contribution < -0.4 is 4.74 Å². The van der Waals surface area contributed by atoms with E-state index in [1.807, 2.05) is 13.0 Å². The summed E-state index contributed by atoms with van der Waals surface area (Å²) in [6.07, 6.45) is 1.91. The topological polar surface area (TPSA) is 35.5 Å². The molecule has 0 saturated heterocycles. The van der Waals surface area contributed by atoms with Gasteiger partial charge in [0.1, 0.15) is 5.75 Å². The lowest BCUT2D eigenvalue weighted by Gasteiger charge is -2.14. The van der Waals surface area contributed by atoms with Crippen molar-refractivity contribution in [2.45, 2.75) is 46.5 Å². The Morgan fingerprint density at radius 1 is 1.32 bits per heavy atom. The number of rotatable bonds is 7. The number of carbonyl (C=O) groups is 1. The Morgan fingerprint density at radius 3 is 2.68 bits per heavy atom. The highest BCUT2D eigenvalue weighted by Crippen LogP contribution is 2.27. The molecular formula is C16H24O3. The maximum Gasteiger partial charge on any atom is 0.344 e. The van der Waals surface area contributed by atoms with Crippen LogP contribution in [0, 0.1) is 6.92 Å². The molecule has 0 bridgehead atoms. The van der Waals surface area contributed by atoms with Gasteiger partial charge in [0.2, 0.25) is 0 Å². The Balaban J connectivity index is 2.56. The van der Waals surface area contributed by atoms with Crippen molar-refractivity contribution in [1.29, 1.82) is 0 Å². The number of aryl methyl sites for hydroxylation is 1. The van der Waals surface area contributed by atoms with Gasteiger partial charge in [0.05, 0.1) is 6.61 Å². The summed E-state index contributed by atoms with van der Waals surface area (Å²) in [6, 6.07) is 6.08. The minimum Gasteiger partial charge on any atom is -0.482 e. The lowest BCUT2D eigenvalue weighted by molar-refractivity contribution is -0.146. The molecule has 3 nitrogen and oxygen atoms in total. The van der Waals surface area contributed by atoms with E-state index in [9.17, 15) is 4.79 Å². The molecule has 0 aliphatic carbocycles. The Hall–Kier alpha value is -1.51. The number of unbranched alkanes of at least 4 members (excludes halogenated alkanes) is 1. The van der Waals surface area contributed by atoms with Crippen molar-refractivity contribution in [2.75, 3.05) is 13.2 Å². The molecule has 0 heterocycles. The van der Waals surface area contributed by atoms with Crippen molar-refractivity contribution in [3.05, 3.63) is 29.3 Å². The van der Waals surface area contributed by atoms with Crippen LogP contribution in [0.3, 0.4) is 0 Å². The van der Waals surface area contributed by atoms with Crippen molar-refractivity contribution in [2.24, 2.45) is 0 Å². The lowest BCUT2D eigenvalue weighted by atomic mass is 10.0. The highest BCUT2D eigenvalue weighted by molar-refractivity contribution is 5.71. The standard InChI is InChI=1S/C16H24O3/c1-5-6-9-18-16(17)11-19-15-10-13(4)7-8-14(15)12(2)3/h7-8,10,12H,5-6,9,11H2,1-4H3. The molecule has 19 heavy (non-hydrogen) atoms. The molecule has 0 aromatic heterocycles. The maximum atomic E-state index is 11.5. The van der Waals surface area contributed by atoms with Crippen molar-refractivity contribution in [3.63, 3.8) is 0 Å². The van der Waals surface area contributed by atoms with E-state index in [-0.39, 0.29) is 12.6 Å². The monoisotopic (exact) mass is 264 g/mol. The van der Waals surface area contributed by atoms with Crippen molar-refractivity contribution < 1.29 is 14.3 Å². The van der Waals surface area contributed by atoms with Gasteiger partial charge >= 0.3 is 5.97 Å². The second-order valence-corrected chi connectivity index (χ2v) is 5.06. The predicted molar refractivity (Wildman–Crippen MR) is 76.6 cm³/mol. The van der Waals surface area contributed by atoms with Gasteiger partial charge in [-0.05, 0) is 36.5 Å². The summed E-state index contributed by atoms with van der Waals surface area (Å²) in [4.78, 5) is 11.5. The fourth-order valence-corrected chi connectivity index (χ4v) is 1.75. The molecule has 106 valence electrons. The molecule has 0 unspecified atom stereocenters. The first kappa shape index (κ1) is 15.5. The molecule has 0 amide bonds. The van der Waals surface area contributed by atoms with E-state index >= 15 is 0 Å². The quantitative estimate of drug-likeness (QED) is 0.554. The van der Waals surface area contributed by atoms with E-state index in [4.69, 9.17) is 9.47 Å². The zero-order valence-corrected chi connectivity index (χ0v) is 12.4. The molecule has 3 heteroatoms. The molecule has 0 saturated carbocycles. The number of esters is 1. The Labute approximate surface area is 115 Å². The van der Waals surface area contributed by atoms with Gasteiger partial charge in [-0.2, -0.15) is 0 Å². The summed E-state index contributed by atoms with van der Waals surface area (Å²) < 4.78 is 10.7. The summed E-state index contributed by atoms with van der Waals surface area (Å²) in [7, 11) is 0. The molecule has 1 rings (SSSR count). The number of hydrogen-bond acceptors (Lipinski definition) is 3. The molecule has 1 aromatic rings. The summed E-state index contributed by atoms with van der Waals surface area (Å²) >= 11 is 0. The van der Waals surface area contributed by atoms with Crippen LogP contribution in [0.15, 0.2) is 18.2 Å². The highest BCUT2D eigenvalue weighted by atomic mass is 16.6. The summed E-state index contributed by atoms with van der Waals surface area (Å²) in [5.41, 5.74) is 2.24. The van der Waals surface area contributed by atoms with Crippen LogP contribution in [-0.2, 0) is 9.53 Å². The number of carbonyl (C=O) groups excluding carboxylic acids is 1. The minimum atomic E-state index is -0.301. The first-order valence-corrected chi connectivity index (χ1v) is 6.93. The fourth-order valence-electron chi connectivity index (χ4n) is 1.75. The van der Waals surface area contributed by atoms with Crippen molar-refractivity contribution in [3.8, 4) is 5.75 Å². The van der Waals surface area contributed by atoms with Crippen LogP contribution in [0.25, 0.3) is 0 Å². The third-order valence-electron chi connectivity index (χ3n) is 2.90. The summed E-state index contributed by atoms with van der Waals surface area (Å²) in [6.45, 7) is 8.74. The average molecular weight is 264 g/mol. The van der Waals surface area contributed by atoms with Crippen LogP contribution >= 0.6 is 0 Å². The van der Waals surface area contributed by atoms with Crippen LogP contribution in [0.4, 0.5) is 0 Å². The minimum absolute atomic E-state index is 0.0209. The van der Waals surface area contributed by atoms with Gasteiger partial charge in [0.15, 0.2) is 6.61 Å². The first-order valence-electron chi connectivity index (χ1n) is 6.93. The van der Waals surface area contributed by atoms with E-state index in [0.29, 0.717) is 12.5 Å². The largest absolute Gasteiger partial charge is 0.482 e. The third kappa shape index (κ3) is 5.33. The predicted octanol–water partition coefficient (Wildman–Crippen LogP) is 3.84. The molecule has 0 fully saturated rings. The third-order valence-corrected chi connectivity index (χ3v) is 2.90. The Morgan fingerprint density at radius 2 is 2.05 bits per heavy atom. The summed E-state index contributed by atoms with van der Waals surface area (Å²) in [5.74, 6) is 0.846. The van der Waals surface area contributed by atoms with E-state index in [2.05, 4.69) is 32.9 Å². The molecule has 0 spiro atoms. The van der Waals surface area contributed by atoms with Crippen molar-refractivity contribution >= 4 is 5.97 Å². The molecular weight excluding hydrogens is 240 g/mol. The number of benzene rings is 1. The SMILES string of the molecule is CCCCOC(=O)COc1cc(C)ccc1C(C)C. The van der Waals surface area contributed by atoms with Crippen molar-refractivity contribution in [1.82, 2.24) is 0 Å². The van der Waals surface area contributed by atoms with Crippen LogP contribution in [0.2, 0.25) is 0 Å². The average Bonchev–Trinajstić information content (AvgIpc) is 2.36. The van der Waals surface area contributed by atoms with Gasteiger partial charge in [-0.15, -0.1) is 0 Å². The highest BCUT2D eigenvalue weighted by Gasteiger charge is 2.10. The van der Waals surface area contributed by atoms with E-state index < -0.39 is 0 Å². The number of hydrogen-bond donors (Lipinski definition) is 0. The zero-order valence-electron chi connectivity index (χ0n) is 12.4. The maximum absolute atomic E-state index is 11.5. The second-order valence-electron chi connectivity index (χ2n) is 5.06. The second kappa shape index (κ2) is 7.82. The number of ether oxygens (including phenoxy) is 2. The molecule has 0 aliphatic heterocycles. The van der Waals surface area contributed by atoms with Gasteiger partial charge in [-0.25, -0.2) is 4.79 Å². The zero-order chi connectivity index (χ0) is 14.3. The van der Waals surface area contributed by atoms with E-state index in [0.717, 1.165) is 29.7 Å². The first-order chi connectivity index (χ1) is 9.04. The molecule has 0 atom stereocenters. The van der Waals surface area contributed by atoms with Gasteiger partial charge in [-0.3, -0.25) is 0 Å². The normalized spacial score (nSPS) is 10.6. The Kier molecular flexibility index (Phi) is 6.40. The smallest absolute Gasteiger partial charge is 0.344 e. The van der Waals surface area contributed by atoms with Crippen LogP contribution in [0.1, 0.15) is 50.7 Å². The fraction of sp³-hybridized carbons (Fsp3) is 0.562. The Bertz CT molecular complexity index is 410. The van der Waals surface area contributed by atoms with Gasteiger partial charge < -0.3 is 9.47 Å². The lowest BCUT2D eigenvalue weighted by Crippen LogP contribution is -2.16. The van der Waals surface area contributed by atoms with Gasteiger partial charge in [0.25, 0.3) is 0 Å². The molecule has 0 aliphatic rings. The van der Waals surface area contributed by atoms with Gasteiger partial charge in [0, 0.05) is 0 Å². The van der Waals surface area contributed by atoms with Gasteiger partial charge in [-0.1, -0.05) is 39.3 Å². The van der Waals surface area contributed by atoms with Crippen LogP contribution in [0.5, 0.6) is 5.75 Å². The van der Waals surface area contributed by atoms with Crippen LogP contribution in [-0.4, -0.2) is 19.2 Å². The molecule has 0 radical (unpaired) electrons. The van der Waals surface area contributed by atoms with E-state index in [1.165, 1.54) is 0 Å².